The minimum absolute atomic E-state index is 0.216. The Morgan fingerprint density at radius 3 is 2.50 bits per heavy atom. The second-order valence-corrected chi connectivity index (χ2v) is 7.94. The molecule has 3 rings (SSSR count). The van der Waals surface area contributed by atoms with Crippen LogP contribution in [-0.4, -0.2) is 43.0 Å². The van der Waals surface area contributed by atoms with E-state index in [9.17, 15) is 8.42 Å². The Morgan fingerprint density at radius 1 is 1.22 bits per heavy atom. The SMILES string of the molecule is O=S1(=O)CCN(c2cc(Br)nc(C3CC3)n2)CC1. The molecule has 0 radical (unpaired) electrons. The van der Waals surface area contributed by atoms with Crippen molar-refractivity contribution in [2.45, 2.75) is 18.8 Å². The lowest BCUT2D eigenvalue weighted by molar-refractivity contribution is 0.586. The van der Waals surface area contributed by atoms with Gasteiger partial charge in [-0.2, -0.15) is 0 Å². The normalized spacial score (nSPS) is 23.1. The molecule has 98 valence electrons. The van der Waals surface area contributed by atoms with E-state index in [1.54, 1.807) is 0 Å². The van der Waals surface area contributed by atoms with Gasteiger partial charge < -0.3 is 4.90 Å². The average molecular weight is 332 g/mol. The monoisotopic (exact) mass is 331 g/mol. The Balaban J connectivity index is 1.83. The summed E-state index contributed by atoms with van der Waals surface area (Å²) in [6, 6.07) is 1.86. The van der Waals surface area contributed by atoms with Gasteiger partial charge in [0.25, 0.3) is 0 Å². The Morgan fingerprint density at radius 2 is 1.89 bits per heavy atom. The second-order valence-electron chi connectivity index (χ2n) is 4.82. The Hall–Kier alpha value is -0.690. The standard InChI is InChI=1S/C11H14BrN3O2S/c12-9-7-10(14-11(13-9)8-1-2-8)15-3-5-18(16,17)6-4-15/h7-8H,1-6H2. The summed E-state index contributed by atoms with van der Waals surface area (Å²) in [6.45, 7) is 1.05. The predicted octanol–water partition coefficient (Wildman–Crippen LogP) is 1.35. The van der Waals surface area contributed by atoms with Crippen molar-refractivity contribution < 1.29 is 8.42 Å². The van der Waals surface area contributed by atoms with E-state index < -0.39 is 9.84 Å². The third-order valence-electron chi connectivity index (χ3n) is 3.31. The van der Waals surface area contributed by atoms with E-state index in [1.807, 2.05) is 11.0 Å². The van der Waals surface area contributed by atoms with Crippen molar-refractivity contribution in [2.75, 3.05) is 29.5 Å². The van der Waals surface area contributed by atoms with E-state index in [-0.39, 0.29) is 11.5 Å². The molecule has 2 fully saturated rings. The van der Waals surface area contributed by atoms with E-state index in [0.29, 0.717) is 19.0 Å². The lowest BCUT2D eigenvalue weighted by Crippen LogP contribution is -2.40. The molecule has 1 aliphatic carbocycles. The molecule has 2 aliphatic rings. The fourth-order valence-corrected chi connectivity index (χ4v) is 3.64. The summed E-state index contributed by atoms with van der Waals surface area (Å²) in [7, 11) is -2.84. The van der Waals surface area contributed by atoms with Crippen LogP contribution in [0.25, 0.3) is 0 Å². The zero-order chi connectivity index (χ0) is 12.8. The van der Waals surface area contributed by atoms with Gasteiger partial charge in [-0.15, -0.1) is 0 Å². The first-order valence-electron chi connectivity index (χ1n) is 6.03. The molecule has 0 amide bonds. The van der Waals surface area contributed by atoms with Crippen molar-refractivity contribution in [2.24, 2.45) is 0 Å². The molecule has 1 aromatic heterocycles. The van der Waals surface area contributed by atoms with Crippen LogP contribution in [0.1, 0.15) is 24.6 Å². The molecular formula is C11H14BrN3O2S. The summed E-state index contributed by atoms with van der Waals surface area (Å²) in [5, 5.41) is 0. The van der Waals surface area contributed by atoms with Crippen LogP contribution in [-0.2, 0) is 9.84 Å². The zero-order valence-corrected chi connectivity index (χ0v) is 12.2. The lowest BCUT2D eigenvalue weighted by Gasteiger charge is -2.27. The molecule has 5 nitrogen and oxygen atoms in total. The van der Waals surface area contributed by atoms with Gasteiger partial charge in [-0.3, -0.25) is 0 Å². The van der Waals surface area contributed by atoms with Crippen molar-refractivity contribution in [3.8, 4) is 0 Å². The van der Waals surface area contributed by atoms with Crippen molar-refractivity contribution >= 4 is 31.6 Å². The van der Waals surface area contributed by atoms with E-state index in [2.05, 4.69) is 25.9 Å². The van der Waals surface area contributed by atoms with Gasteiger partial charge in [0, 0.05) is 25.1 Å². The molecule has 18 heavy (non-hydrogen) atoms. The molecule has 1 saturated carbocycles. The first kappa shape index (κ1) is 12.3. The van der Waals surface area contributed by atoms with Crippen LogP contribution in [0.3, 0.4) is 0 Å². The number of halogens is 1. The van der Waals surface area contributed by atoms with E-state index >= 15 is 0 Å². The third-order valence-corrected chi connectivity index (χ3v) is 5.32. The zero-order valence-electron chi connectivity index (χ0n) is 9.84. The summed E-state index contributed by atoms with van der Waals surface area (Å²) in [5.41, 5.74) is 0. The van der Waals surface area contributed by atoms with Crippen molar-refractivity contribution in [1.82, 2.24) is 9.97 Å². The first-order valence-corrected chi connectivity index (χ1v) is 8.65. The van der Waals surface area contributed by atoms with E-state index in [4.69, 9.17) is 0 Å². The van der Waals surface area contributed by atoms with Crippen molar-refractivity contribution in [1.29, 1.82) is 0 Å². The molecule has 1 aliphatic heterocycles. The van der Waals surface area contributed by atoms with E-state index in [1.165, 1.54) is 0 Å². The Kier molecular flexibility index (Phi) is 3.05. The van der Waals surface area contributed by atoms with Gasteiger partial charge in [0.2, 0.25) is 0 Å². The number of nitrogens with zero attached hydrogens (tertiary/aromatic N) is 3. The molecule has 0 unspecified atom stereocenters. The number of hydrogen-bond donors (Lipinski definition) is 0. The van der Waals surface area contributed by atoms with Crippen LogP contribution >= 0.6 is 15.9 Å². The fourth-order valence-electron chi connectivity index (χ4n) is 2.05. The molecule has 0 aromatic carbocycles. The first-order chi connectivity index (χ1) is 8.53. The van der Waals surface area contributed by atoms with Gasteiger partial charge in [-0.05, 0) is 28.8 Å². The van der Waals surface area contributed by atoms with Crippen LogP contribution in [0.2, 0.25) is 0 Å². The summed E-state index contributed by atoms with van der Waals surface area (Å²) < 4.78 is 23.6. The Labute approximate surface area is 115 Å². The minimum Gasteiger partial charge on any atom is -0.354 e. The van der Waals surface area contributed by atoms with Gasteiger partial charge in [0.05, 0.1) is 11.5 Å². The molecule has 0 spiro atoms. The third kappa shape index (κ3) is 2.66. The molecule has 0 atom stereocenters. The topological polar surface area (TPSA) is 63.2 Å². The maximum atomic E-state index is 11.4. The number of rotatable bonds is 2. The van der Waals surface area contributed by atoms with E-state index in [0.717, 1.165) is 29.1 Å². The summed E-state index contributed by atoms with van der Waals surface area (Å²) in [4.78, 5) is 11.0. The van der Waals surface area contributed by atoms with Gasteiger partial charge in [-0.25, -0.2) is 18.4 Å². The quantitative estimate of drug-likeness (QED) is 0.765. The van der Waals surface area contributed by atoms with Crippen LogP contribution < -0.4 is 4.90 Å². The highest BCUT2D eigenvalue weighted by molar-refractivity contribution is 9.10. The van der Waals surface area contributed by atoms with Crippen LogP contribution in [0.5, 0.6) is 0 Å². The molecule has 0 N–H and O–H groups in total. The number of sulfone groups is 1. The fraction of sp³-hybridized carbons (Fsp3) is 0.636. The maximum absolute atomic E-state index is 11.4. The van der Waals surface area contributed by atoms with Gasteiger partial charge in [0.1, 0.15) is 16.2 Å². The molecule has 2 heterocycles. The highest BCUT2D eigenvalue weighted by Crippen LogP contribution is 2.39. The highest BCUT2D eigenvalue weighted by Gasteiger charge is 2.29. The van der Waals surface area contributed by atoms with Gasteiger partial charge in [0.15, 0.2) is 9.84 Å². The van der Waals surface area contributed by atoms with Crippen molar-refractivity contribution in [3.63, 3.8) is 0 Å². The summed E-state index contributed by atoms with van der Waals surface area (Å²) >= 11 is 3.40. The molecule has 7 heteroatoms. The lowest BCUT2D eigenvalue weighted by atomic mass is 10.3. The Bertz CT molecular complexity index is 558. The minimum atomic E-state index is -2.84. The predicted molar refractivity (Wildman–Crippen MR) is 72.6 cm³/mol. The summed E-state index contributed by atoms with van der Waals surface area (Å²) in [5.74, 6) is 2.65. The number of aromatic nitrogens is 2. The maximum Gasteiger partial charge on any atom is 0.153 e. The van der Waals surface area contributed by atoms with Gasteiger partial charge >= 0.3 is 0 Å². The molecular weight excluding hydrogens is 318 g/mol. The average Bonchev–Trinajstić information content (AvgIpc) is 3.11. The molecule has 1 saturated heterocycles. The second kappa shape index (κ2) is 4.45. The van der Waals surface area contributed by atoms with Crippen LogP contribution in [0, 0.1) is 0 Å². The number of anilines is 1. The summed E-state index contributed by atoms with van der Waals surface area (Å²) in [6.07, 6.45) is 2.31. The number of hydrogen-bond acceptors (Lipinski definition) is 5. The molecule has 0 bridgehead atoms. The van der Waals surface area contributed by atoms with Gasteiger partial charge in [-0.1, -0.05) is 0 Å². The van der Waals surface area contributed by atoms with Crippen molar-refractivity contribution in [3.05, 3.63) is 16.5 Å². The molecule has 1 aromatic rings. The van der Waals surface area contributed by atoms with Crippen LogP contribution in [0.4, 0.5) is 5.82 Å². The van der Waals surface area contributed by atoms with Crippen LogP contribution in [0.15, 0.2) is 10.7 Å². The highest BCUT2D eigenvalue weighted by atomic mass is 79.9. The largest absolute Gasteiger partial charge is 0.354 e. The smallest absolute Gasteiger partial charge is 0.153 e.